The molecule has 0 aliphatic rings. The Balaban J connectivity index is 2.43. The second-order valence-electron chi connectivity index (χ2n) is 3.23. The van der Waals surface area contributed by atoms with Crippen molar-refractivity contribution < 1.29 is 9.47 Å². The number of rotatable bonds is 5. The summed E-state index contributed by atoms with van der Waals surface area (Å²) < 4.78 is 10.7. The SMILES string of the molecule is CCC(COC(=S)c1ccccc1)OC. The van der Waals surface area contributed by atoms with E-state index in [1.165, 1.54) is 0 Å². The Labute approximate surface area is 96.2 Å². The molecule has 15 heavy (non-hydrogen) atoms. The lowest BCUT2D eigenvalue weighted by Crippen LogP contribution is -2.19. The molecule has 0 N–H and O–H groups in total. The summed E-state index contributed by atoms with van der Waals surface area (Å²) >= 11 is 5.16. The zero-order valence-corrected chi connectivity index (χ0v) is 9.92. The van der Waals surface area contributed by atoms with Crippen molar-refractivity contribution in [2.75, 3.05) is 13.7 Å². The molecular weight excluding hydrogens is 208 g/mol. The van der Waals surface area contributed by atoms with Crippen molar-refractivity contribution in [3.63, 3.8) is 0 Å². The van der Waals surface area contributed by atoms with Gasteiger partial charge in [0.05, 0.1) is 6.10 Å². The molecule has 0 amide bonds. The molecule has 1 atom stereocenters. The summed E-state index contributed by atoms with van der Waals surface area (Å²) in [4.78, 5) is 0. The van der Waals surface area contributed by atoms with Crippen LogP contribution < -0.4 is 0 Å². The van der Waals surface area contributed by atoms with Gasteiger partial charge in [-0.1, -0.05) is 37.3 Å². The fraction of sp³-hybridized carbons (Fsp3) is 0.417. The van der Waals surface area contributed by atoms with Crippen LogP contribution in [0.2, 0.25) is 0 Å². The highest BCUT2D eigenvalue weighted by atomic mass is 32.1. The summed E-state index contributed by atoms with van der Waals surface area (Å²) in [5.41, 5.74) is 0.943. The zero-order valence-electron chi connectivity index (χ0n) is 9.10. The maximum absolute atomic E-state index is 5.48. The van der Waals surface area contributed by atoms with E-state index in [1.54, 1.807) is 7.11 Å². The molecule has 1 rings (SSSR count). The number of hydrogen-bond donors (Lipinski definition) is 0. The van der Waals surface area contributed by atoms with Crippen molar-refractivity contribution in [1.82, 2.24) is 0 Å². The second kappa shape index (κ2) is 6.53. The molecule has 82 valence electrons. The van der Waals surface area contributed by atoms with Gasteiger partial charge in [0, 0.05) is 12.7 Å². The molecule has 2 nitrogen and oxygen atoms in total. The van der Waals surface area contributed by atoms with Crippen LogP contribution in [0.1, 0.15) is 18.9 Å². The van der Waals surface area contributed by atoms with Gasteiger partial charge in [-0.3, -0.25) is 0 Å². The first kappa shape index (κ1) is 12.1. The standard InChI is InChI=1S/C12H16O2S/c1-3-11(13-2)9-14-12(15)10-7-5-4-6-8-10/h4-8,11H,3,9H2,1-2H3. The second-order valence-corrected chi connectivity index (χ2v) is 3.60. The van der Waals surface area contributed by atoms with Gasteiger partial charge in [-0.25, -0.2) is 0 Å². The highest BCUT2D eigenvalue weighted by molar-refractivity contribution is 7.80. The maximum atomic E-state index is 5.48. The Morgan fingerprint density at radius 3 is 2.53 bits per heavy atom. The van der Waals surface area contributed by atoms with Crippen LogP contribution >= 0.6 is 12.2 Å². The summed E-state index contributed by atoms with van der Waals surface area (Å²) in [6, 6.07) is 9.72. The molecule has 0 saturated heterocycles. The van der Waals surface area contributed by atoms with Crippen LogP contribution in [0.15, 0.2) is 30.3 Å². The summed E-state index contributed by atoms with van der Waals surface area (Å²) in [6.45, 7) is 2.57. The van der Waals surface area contributed by atoms with E-state index in [1.807, 2.05) is 30.3 Å². The first-order valence-corrected chi connectivity index (χ1v) is 5.43. The highest BCUT2D eigenvalue weighted by Gasteiger charge is 2.07. The van der Waals surface area contributed by atoms with Gasteiger partial charge < -0.3 is 9.47 Å². The lowest BCUT2D eigenvalue weighted by molar-refractivity contribution is 0.0530. The fourth-order valence-electron chi connectivity index (χ4n) is 1.18. The van der Waals surface area contributed by atoms with E-state index in [-0.39, 0.29) is 6.10 Å². The van der Waals surface area contributed by atoms with Gasteiger partial charge in [-0.05, 0) is 18.6 Å². The molecule has 0 aromatic heterocycles. The summed E-state index contributed by atoms with van der Waals surface area (Å²) in [7, 11) is 1.68. The molecule has 0 fully saturated rings. The third-order valence-corrected chi connectivity index (χ3v) is 2.55. The molecule has 0 saturated carbocycles. The third kappa shape index (κ3) is 3.98. The van der Waals surface area contributed by atoms with Crippen LogP contribution in [0.25, 0.3) is 0 Å². The molecule has 0 radical (unpaired) electrons. The molecule has 1 aromatic rings. The van der Waals surface area contributed by atoms with Crippen molar-refractivity contribution in [3.8, 4) is 0 Å². The van der Waals surface area contributed by atoms with Crippen LogP contribution in [0.5, 0.6) is 0 Å². The van der Waals surface area contributed by atoms with Crippen molar-refractivity contribution in [1.29, 1.82) is 0 Å². The first-order chi connectivity index (χ1) is 7.27. The van der Waals surface area contributed by atoms with Gasteiger partial charge in [-0.15, -0.1) is 0 Å². The average molecular weight is 224 g/mol. The lowest BCUT2D eigenvalue weighted by Gasteiger charge is -2.14. The summed E-state index contributed by atoms with van der Waals surface area (Å²) in [5.74, 6) is 0. The van der Waals surface area contributed by atoms with E-state index in [9.17, 15) is 0 Å². The molecule has 1 unspecified atom stereocenters. The number of hydrogen-bond acceptors (Lipinski definition) is 3. The fourth-order valence-corrected chi connectivity index (χ4v) is 1.38. The van der Waals surface area contributed by atoms with Crippen LogP contribution in [0, 0.1) is 0 Å². The van der Waals surface area contributed by atoms with Gasteiger partial charge in [-0.2, -0.15) is 0 Å². The molecule has 0 heterocycles. The van der Waals surface area contributed by atoms with Crippen molar-refractivity contribution in [3.05, 3.63) is 35.9 Å². The molecule has 0 aliphatic heterocycles. The number of ether oxygens (including phenoxy) is 2. The van der Waals surface area contributed by atoms with Gasteiger partial charge in [0.15, 0.2) is 5.05 Å². The Morgan fingerprint density at radius 2 is 2.00 bits per heavy atom. The normalized spacial score (nSPS) is 12.1. The quantitative estimate of drug-likeness (QED) is 0.717. The zero-order chi connectivity index (χ0) is 11.1. The maximum Gasteiger partial charge on any atom is 0.191 e. The molecule has 3 heteroatoms. The van der Waals surface area contributed by atoms with Crippen LogP contribution in [-0.2, 0) is 9.47 Å². The minimum atomic E-state index is 0.117. The van der Waals surface area contributed by atoms with Gasteiger partial charge in [0.1, 0.15) is 6.61 Å². The Bertz CT molecular complexity index is 294. The van der Waals surface area contributed by atoms with E-state index in [0.717, 1.165) is 12.0 Å². The number of thiocarbonyl (C=S) groups is 1. The van der Waals surface area contributed by atoms with E-state index in [4.69, 9.17) is 21.7 Å². The predicted molar refractivity (Wildman–Crippen MR) is 65.2 cm³/mol. The highest BCUT2D eigenvalue weighted by Crippen LogP contribution is 2.05. The number of methoxy groups -OCH3 is 1. The van der Waals surface area contributed by atoms with Crippen molar-refractivity contribution in [2.24, 2.45) is 0 Å². The molecule has 1 aromatic carbocycles. The summed E-state index contributed by atoms with van der Waals surface area (Å²) in [6.07, 6.45) is 1.04. The minimum absolute atomic E-state index is 0.117. The van der Waals surface area contributed by atoms with Crippen molar-refractivity contribution in [2.45, 2.75) is 19.4 Å². The van der Waals surface area contributed by atoms with E-state index >= 15 is 0 Å². The van der Waals surface area contributed by atoms with Crippen molar-refractivity contribution >= 4 is 17.3 Å². The van der Waals surface area contributed by atoms with Gasteiger partial charge in [0.25, 0.3) is 0 Å². The topological polar surface area (TPSA) is 18.5 Å². The largest absolute Gasteiger partial charge is 0.480 e. The molecular formula is C12H16O2S. The van der Waals surface area contributed by atoms with E-state index in [2.05, 4.69) is 6.92 Å². The third-order valence-electron chi connectivity index (χ3n) is 2.20. The van der Waals surface area contributed by atoms with E-state index in [0.29, 0.717) is 11.7 Å². The monoisotopic (exact) mass is 224 g/mol. The molecule has 0 aliphatic carbocycles. The molecule has 0 bridgehead atoms. The van der Waals surface area contributed by atoms with Crippen LogP contribution in [-0.4, -0.2) is 24.9 Å². The Morgan fingerprint density at radius 1 is 1.33 bits per heavy atom. The molecule has 0 spiro atoms. The van der Waals surface area contributed by atoms with Crippen LogP contribution in [0.3, 0.4) is 0 Å². The first-order valence-electron chi connectivity index (χ1n) is 5.03. The van der Waals surface area contributed by atoms with Gasteiger partial charge >= 0.3 is 0 Å². The average Bonchev–Trinajstić information content (AvgIpc) is 2.31. The van der Waals surface area contributed by atoms with Crippen LogP contribution in [0.4, 0.5) is 0 Å². The van der Waals surface area contributed by atoms with E-state index < -0.39 is 0 Å². The van der Waals surface area contributed by atoms with Gasteiger partial charge in [0.2, 0.25) is 0 Å². The Hall–Kier alpha value is -0.930. The Kier molecular flexibility index (Phi) is 5.29. The summed E-state index contributed by atoms with van der Waals surface area (Å²) in [5, 5.41) is 0.533. The number of benzene rings is 1. The smallest absolute Gasteiger partial charge is 0.191 e. The minimum Gasteiger partial charge on any atom is -0.480 e. The lowest BCUT2D eigenvalue weighted by atomic mass is 10.2. The predicted octanol–water partition coefficient (Wildman–Crippen LogP) is 2.80.